The molecule has 0 spiro atoms. The van der Waals surface area contributed by atoms with Crippen molar-refractivity contribution >= 4 is 11.7 Å². The van der Waals surface area contributed by atoms with Gasteiger partial charge in [0, 0.05) is 12.2 Å². The van der Waals surface area contributed by atoms with Crippen LogP contribution in [0.1, 0.15) is 16.7 Å². The maximum atomic E-state index is 12.0. The molecule has 0 heterocycles. The molecule has 0 saturated heterocycles. The van der Waals surface area contributed by atoms with E-state index in [2.05, 4.69) is 10.6 Å². The Balaban J connectivity index is 1.87. The zero-order valence-corrected chi connectivity index (χ0v) is 14.6. The van der Waals surface area contributed by atoms with Crippen LogP contribution in [0.2, 0.25) is 0 Å². The number of carbonyl (C=O) groups is 1. The molecule has 0 aromatic heterocycles. The molecule has 2 N–H and O–H groups in total. The standard InChI is InChI=1S/C19H24N2O3/c1-13-6-5-7-16(14(13)2)21-19(22)20-11-10-15-8-9-17(23-3)18(12-15)24-4/h5-9,12H,10-11H2,1-4H3,(H2,20,21,22). The number of methoxy groups -OCH3 is 2. The van der Waals surface area contributed by atoms with E-state index < -0.39 is 0 Å². The van der Waals surface area contributed by atoms with Crippen LogP contribution in [-0.2, 0) is 6.42 Å². The van der Waals surface area contributed by atoms with Gasteiger partial charge in [0.2, 0.25) is 0 Å². The van der Waals surface area contributed by atoms with Crippen LogP contribution in [0.15, 0.2) is 36.4 Å². The van der Waals surface area contributed by atoms with Crippen LogP contribution in [0.25, 0.3) is 0 Å². The molecule has 0 aliphatic heterocycles. The third kappa shape index (κ3) is 4.41. The molecule has 2 aromatic rings. The molecule has 5 nitrogen and oxygen atoms in total. The second-order valence-corrected chi connectivity index (χ2v) is 5.57. The topological polar surface area (TPSA) is 59.6 Å². The number of nitrogens with one attached hydrogen (secondary N) is 2. The predicted molar refractivity (Wildman–Crippen MR) is 96.2 cm³/mol. The van der Waals surface area contributed by atoms with Gasteiger partial charge < -0.3 is 20.1 Å². The third-order valence-corrected chi connectivity index (χ3v) is 4.00. The fraction of sp³-hybridized carbons (Fsp3) is 0.316. The molecule has 0 fully saturated rings. The molecule has 2 aromatic carbocycles. The minimum Gasteiger partial charge on any atom is -0.493 e. The number of hydrogen-bond donors (Lipinski definition) is 2. The molecule has 24 heavy (non-hydrogen) atoms. The molecular formula is C19H24N2O3. The van der Waals surface area contributed by atoms with Crippen LogP contribution in [0, 0.1) is 13.8 Å². The molecule has 2 rings (SSSR count). The zero-order chi connectivity index (χ0) is 17.5. The number of aryl methyl sites for hydroxylation is 1. The van der Waals surface area contributed by atoms with E-state index in [-0.39, 0.29) is 6.03 Å². The summed E-state index contributed by atoms with van der Waals surface area (Å²) in [7, 11) is 3.22. The van der Waals surface area contributed by atoms with Crippen LogP contribution in [-0.4, -0.2) is 26.8 Å². The second-order valence-electron chi connectivity index (χ2n) is 5.57. The Hall–Kier alpha value is -2.69. The Morgan fingerprint density at radius 3 is 2.50 bits per heavy atom. The van der Waals surface area contributed by atoms with Crippen molar-refractivity contribution in [3.63, 3.8) is 0 Å². The summed E-state index contributed by atoms with van der Waals surface area (Å²) in [5.41, 5.74) is 4.13. The van der Waals surface area contributed by atoms with Gasteiger partial charge in [-0.15, -0.1) is 0 Å². The van der Waals surface area contributed by atoms with Crippen molar-refractivity contribution in [2.24, 2.45) is 0 Å². The zero-order valence-electron chi connectivity index (χ0n) is 14.6. The fourth-order valence-electron chi connectivity index (χ4n) is 2.41. The number of anilines is 1. The first-order valence-corrected chi connectivity index (χ1v) is 7.87. The van der Waals surface area contributed by atoms with E-state index in [4.69, 9.17) is 9.47 Å². The maximum absolute atomic E-state index is 12.0. The molecule has 0 bridgehead atoms. The third-order valence-electron chi connectivity index (χ3n) is 4.00. The summed E-state index contributed by atoms with van der Waals surface area (Å²) in [5.74, 6) is 1.39. The quantitative estimate of drug-likeness (QED) is 0.850. The maximum Gasteiger partial charge on any atom is 0.319 e. The van der Waals surface area contributed by atoms with Gasteiger partial charge in [-0.2, -0.15) is 0 Å². The molecule has 0 aliphatic rings. The van der Waals surface area contributed by atoms with Crippen molar-refractivity contribution < 1.29 is 14.3 Å². The van der Waals surface area contributed by atoms with E-state index in [9.17, 15) is 4.79 Å². The summed E-state index contributed by atoms with van der Waals surface area (Å²) >= 11 is 0. The second kappa shape index (κ2) is 8.24. The van der Waals surface area contributed by atoms with Gasteiger partial charge in [0.05, 0.1) is 14.2 Å². The molecule has 0 atom stereocenters. The van der Waals surface area contributed by atoms with Gasteiger partial charge in [0.25, 0.3) is 0 Å². The van der Waals surface area contributed by atoms with Crippen LogP contribution >= 0.6 is 0 Å². The highest BCUT2D eigenvalue weighted by Crippen LogP contribution is 2.27. The van der Waals surface area contributed by atoms with E-state index >= 15 is 0 Å². The van der Waals surface area contributed by atoms with E-state index in [1.54, 1.807) is 14.2 Å². The van der Waals surface area contributed by atoms with Crippen molar-refractivity contribution in [1.82, 2.24) is 5.32 Å². The molecule has 0 radical (unpaired) electrons. The van der Waals surface area contributed by atoms with Crippen molar-refractivity contribution in [1.29, 1.82) is 0 Å². The fourth-order valence-corrected chi connectivity index (χ4v) is 2.41. The van der Waals surface area contributed by atoms with Crippen LogP contribution in [0.4, 0.5) is 10.5 Å². The molecule has 5 heteroatoms. The number of benzene rings is 2. The first-order valence-electron chi connectivity index (χ1n) is 7.87. The Kier molecular flexibility index (Phi) is 6.07. The summed E-state index contributed by atoms with van der Waals surface area (Å²) in [6.07, 6.45) is 0.709. The van der Waals surface area contributed by atoms with E-state index in [0.29, 0.717) is 24.5 Å². The first kappa shape index (κ1) is 17.7. The smallest absolute Gasteiger partial charge is 0.319 e. The van der Waals surface area contributed by atoms with Crippen molar-refractivity contribution in [3.05, 3.63) is 53.1 Å². The van der Waals surface area contributed by atoms with Gasteiger partial charge in [0.1, 0.15) is 0 Å². The van der Waals surface area contributed by atoms with Crippen LogP contribution in [0.5, 0.6) is 11.5 Å². The van der Waals surface area contributed by atoms with Gasteiger partial charge in [-0.05, 0) is 55.2 Å². The summed E-state index contributed by atoms with van der Waals surface area (Å²) in [5, 5.41) is 5.75. The normalized spacial score (nSPS) is 10.2. The molecular weight excluding hydrogens is 304 g/mol. The van der Waals surface area contributed by atoms with Gasteiger partial charge in [0.15, 0.2) is 11.5 Å². The lowest BCUT2D eigenvalue weighted by molar-refractivity contribution is 0.252. The average Bonchev–Trinajstić information content (AvgIpc) is 2.58. The Morgan fingerprint density at radius 1 is 1.04 bits per heavy atom. The minimum atomic E-state index is -0.204. The Morgan fingerprint density at radius 2 is 1.79 bits per heavy atom. The Labute approximate surface area is 143 Å². The number of hydrogen-bond acceptors (Lipinski definition) is 3. The van der Waals surface area contributed by atoms with Crippen LogP contribution < -0.4 is 20.1 Å². The summed E-state index contributed by atoms with van der Waals surface area (Å²) in [6.45, 7) is 4.55. The van der Waals surface area contributed by atoms with Crippen molar-refractivity contribution in [3.8, 4) is 11.5 Å². The lowest BCUT2D eigenvalue weighted by Crippen LogP contribution is -2.30. The minimum absolute atomic E-state index is 0.204. The highest BCUT2D eigenvalue weighted by atomic mass is 16.5. The van der Waals surface area contributed by atoms with E-state index in [1.807, 2.05) is 50.2 Å². The highest BCUT2D eigenvalue weighted by Gasteiger charge is 2.07. The highest BCUT2D eigenvalue weighted by molar-refractivity contribution is 5.90. The average molecular weight is 328 g/mol. The number of ether oxygens (including phenoxy) is 2. The monoisotopic (exact) mass is 328 g/mol. The molecule has 0 aliphatic carbocycles. The predicted octanol–water partition coefficient (Wildman–Crippen LogP) is 3.68. The molecule has 2 amide bonds. The lowest BCUT2D eigenvalue weighted by Gasteiger charge is -2.12. The summed E-state index contributed by atoms with van der Waals surface area (Å²) in [4.78, 5) is 12.0. The number of rotatable bonds is 6. The number of carbonyl (C=O) groups excluding carboxylic acids is 1. The van der Waals surface area contributed by atoms with Gasteiger partial charge in [-0.25, -0.2) is 4.79 Å². The van der Waals surface area contributed by atoms with E-state index in [1.165, 1.54) is 0 Å². The van der Waals surface area contributed by atoms with Gasteiger partial charge in [-0.3, -0.25) is 0 Å². The summed E-state index contributed by atoms with van der Waals surface area (Å²) in [6, 6.07) is 11.4. The molecule has 0 unspecified atom stereocenters. The first-order chi connectivity index (χ1) is 11.5. The van der Waals surface area contributed by atoms with Crippen molar-refractivity contribution in [2.75, 3.05) is 26.1 Å². The Bertz CT molecular complexity index is 714. The van der Waals surface area contributed by atoms with Gasteiger partial charge >= 0.3 is 6.03 Å². The number of amides is 2. The lowest BCUT2D eigenvalue weighted by atomic mass is 10.1. The molecule has 128 valence electrons. The van der Waals surface area contributed by atoms with Crippen LogP contribution in [0.3, 0.4) is 0 Å². The largest absolute Gasteiger partial charge is 0.493 e. The molecule has 0 saturated carbocycles. The van der Waals surface area contributed by atoms with Gasteiger partial charge in [-0.1, -0.05) is 18.2 Å². The summed E-state index contributed by atoms with van der Waals surface area (Å²) < 4.78 is 10.5. The number of urea groups is 1. The van der Waals surface area contributed by atoms with Crippen molar-refractivity contribution in [2.45, 2.75) is 20.3 Å². The van der Waals surface area contributed by atoms with E-state index in [0.717, 1.165) is 22.4 Å². The SMILES string of the molecule is COc1ccc(CCNC(=O)Nc2cccc(C)c2C)cc1OC.